The molecule has 1 N–H and O–H groups in total. The minimum Gasteiger partial charge on any atom is -0.267 e. The Labute approximate surface area is 147 Å². The second-order valence-electron chi connectivity index (χ2n) is 6.82. The molecule has 2 atom stereocenters. The molecular formula is C18H21N3O3S. The van der Waals surface area contributed by atoms with Crippen LogP contribution in [0.3, 0.4) is 0 Å². The molecule has 0 radical (unpaired) electrons. The van der Waals surface area contributed by atoms with Crippen molar-refractivity contribution in [3.05, 3.63) is 42.0 Å². The van der Waals surface area contributed by atoms with E-state index in [1.165, 1.54) is 16.4 Å². The maximum absolute atomic E-state index is 12.6. The summed E-state index contributed by atoms with van der Waals surface area (Å²) in [5, 5.41) is 4.23. The Morgan fingerprint density at radius 2 is 2.04 bits per heavy atom. The van der Waals surface area contributed by atoms with Crippen LogP contribution in [0.5, 0.6) is 0 Å². The Kier molecular flexibility index (Phi) is 4.21. The molecule has 7 heteroatoms. The van der Waals surface area contributed by atoms with Gasteiger partial charge < -0.3 is 0 Å². The van der Waals surface area contributed by atoms with E-state index in [-0.39, 0.29) is 10.8 Å². The number of benzene rings is 1. The third-order valence-corrected chi connectivity index (χ3v) is 7.16. The monoisotopic (exact) mass is 359 g/mol. The lowest BCUT2D eigenvalue weighted by molar-refractivity contribution is 0.0953. The van der Waals surface area contributed by atoms with E-state index in [0.29, 0.717) is 30.5 Å². The molecule has 0 aromatic heterocycles. The molecule has 1 heterocycles. The zero-order valence-electron chi connectivity index (χ0n) is 13.9. The number of hydrazone groups is 1. The van der Waals surface area contributed by atoms with Crippen molar-refractivity contribution in [2.24, 2.45) is 16.9 Å². The topological polar surface area (TPSA) is 78.8 Å². The lowest BCUT2D eigenvalue weighted by atomic mass is 9.74. The minimum absolute atomic E-state index is 0.165. The molecule has 0 spiro atoms. The summed E-state index contributed by atoms with van der Waals surface area (Å²) in [7, 11) is -3.52. The van der Waals surface area contributed by atoms with Gasteiger partial charge in [-0.15, -0.1) is 0 Å². The predicted molar refractivity (Wildman–Crippen MR) is 94.7 cm³/mol. The Balaban J connectivity index is 1.47. The van der Waals surface area contributed by atoms with E-state index < -0.39 is 10.0 Å². The molecule has 1 saturated heterocycles. The van der Waals surface area contributed by atoms with Gasteiger partial charge in [0.2, 0.25) is 10.0 Å². The summed E-state index contributed by atoms with van der Waals surface area (Å²) >= 11 is 0. The first-order valence-electron chi connectivity index (χ1n) is 8.69. The lowest BCUT2D eigenvalue weighted by Crippen LogP contribution is -2.35. The summed E-state index contributed by atoms with van der Waals surface area (Å²) in [4.78, 5) is 12.5. The van der Waals surface area contributed by atoms with Crippen molar-refractivity contribution in [1.29, 1.82) is 0 Å². The number of amides is 1. The van der Waals surface area contributed by atoms with E-state index >= 15 is 0 Å². The highest BCUT2D eigenvalue weighted by molar-refractivity contribution is 7.89. The number of hydrogen-bond acceptors (Lipinski definition) is 4. The van der Waals surface area contributed by atoms with Gasteiger partial charge in [0.15, 0.2) is 0 Å². The third-order valence-electron chi connectivity index (χ3n) is 5.26. The Morgan fingerprint density at radius 1 is 1.24 bits per heavy atom. The van der Waals surface area contributed by atoms with Crippen LogP contribution in [-0.2, 0) is 10.0 Å². The molecule has 1 aliphatic heterocycles. The van der Waals surface area contributed by atoms with Crippen molar-refractivity contribution < 1.29 is 13.2 Å². The van der Waals surface area contributed by atoms with Crippen LogP contribution < -0.4 is 5.43 Å². The number of sulfonamides is 1. The molecule has 132 valence electrons. The summed E-state index contributed by atoms with van der Waals surface area (Å²) in [6.45, 7) is 1.09. The summed E-state index contributed by atoms with van der Waals surface area (Å²) in [6.07, 6.45) is 8.01. The summed E-state index contributed by atoms with van der Waals surface area (Å²) < 4.78 is 26.7. The highest BCUT2D eigenvalue weighted by Gasteiger charge is 2.38. The SMILES string of the molecule is O=C(N/N=C1/C[C@@H]2C=CC[C@@H]12)c1cccc(S(=O)(=O)N2CCCC2)c1. The number of carbonyl (C=O) groups excluding carboxylic acids is 1. The predicted octanol–water partition coefficient (Wildman–Crippen LogP) is 2.15. The molecule has 0 bridgehead atoms. The second-order valence-corrected chi connectivity index (χ2v) is 8.76. The second kappa shape index (κ2) is 6.38. The molecule has 1 amide bonds. The Morgan fingerprint density at radius 3 is 2.80 bits per heavy atom. The third kappa shape index (κ3) is 3.02. The van der Waals surface area contributed by atoms with Gasteiger partial charge in [-0.3, -0.25) is 4.79 Å². The maximum atomic E-state index is 12.6. The van der Waals surface area contributed by atoms with Crippen molar-refractivity contribution >= 4 is 21.6 Å². The van der Waals surface area contributed by atoms with Gasteiger partial charge >= 0.3 is 0 Å². The molecule has 3 aliphatic rings. The van der Waals surface area contributed by atoms with E-state index in [4.69, 9.17) is 0 Å². The fourth-order valence-corrected chi connectivity index (χ4v) is 5.29. The standard InChI is InChI=1S/C18H21N3O3S/c22-18(20-19-17-12-13-5-4-8-16(13)17)14-6-3-7-15(11-14)25(23,24)21-9-1-2-10-21/h3-7,11,13,16H,1-2,8-10,12H2,(H,20,22)/b19-17-/t13-,16+/m0/s1. The summed E-state index contributed by atoms with van der Waals surface area (Å²) in [5.74, 6) is 0.632. The van der Waals surface area contributed by atoms with Gasteiger partial charge in [0, 0.05) is 30.3 Å². The van der Waals surface area contributed by atoms with Gasteiger partial charge in [0.1, 0.15) is 0 Å². The molecule has 2 fully saturated rings. The summed E-state index contributed by atoms with van der Waals surface area (Å²) in [6, 6.07) is 6.19. The maximum Gasteiger partial charge on any atom is 0.271 e. The number of allylic oxidation sites excluding steroid dienone is 2. The first-order chi connectivity index (χ1) is 12.1. The zero-order valence-corrected chi connectivity index (χ0v) is 14.7. The first-order valence-corrected chi connectivity index (χ1v) is 10.1. The van der Waals surface area contributed by atoms with Crippen molar-refractivity contribution in [1.82, 2.24) is 9.73 Å². The molecule has 6 nitrogen and oxygen atoms in total. The molecule has 25 heavy (non-hydrogen) atoms. The van der Waals surface area contributed by atoms with Gasteiger partial charge in [-0.2, -0.15) is 9.41 Å². The smallest absolute Gasteiger partial charge is 0.267 e. The molecule has 1 saturated carbocycles. The fraction of sp³-hybridized carbons (Fsp3) is 0.444. The molecular weight excluding hydrogens is 338 g/mol. The molecule has 4 rings (SSSR count). The van der Waals surface area contributed by atoms with Crippen molar-refractivity contribution in [3.8, 4) is 0 Å². The van der Waals surface area contributed by atoms with E-state index in [1.807, 2.05) is 0 Å². The van der Waals surface area contributed by atoms with E-state index in [2.05, 4.69) is 22.7 Å². The number of fused-ring (bicyclic) bond motifs is 1. The van der Waals surface area contributed by atoms with Crippen molar-refractivity contribution in [2.45, 2.75) is 30.6 Å². The van der Waals surface area contributed by atoms with Crippen LogP contribution in [0.25, 0.3) is 0 Å². The van der Waals surface area contributed by atoms with Crippen LogP contribution >= 0.6 is 0 Å². The van der Waals surface area contributed by atoms with Gasteiger partial charge in [-0.25, -0.2) is 13.8 Å². The number of nitrogens with one attached hydrogen (secondary N) is 1. The van der Waals surface area contributed by atoms with Gasteiger partial charge in [0.25, 0.3) is 5.91 Å². The van der Waals surface area contributed by atoms with Crippen LogP contribution in [0.4, 0.5) is 0 Å². The fourth-order valence-electron chi connectivity index (χ4n) is 3.73. The van der Waals surface area contributed by atoms with Gasteiger partial charge in [-0.05, 0) is 49.8 Å². The number of rotatable bonds is 4. The highest BCUT2D eigenvalue weighted by Crippen LogP contribution is 2.40. The first kappa shape index (κ1) is 16.5. The average molecular weight is 359 g/mol. The summed E-state index contributed by atoms with van der Waals surface area (Å²) in [5.41, 5.74) is 3.90. The van der Waals surface area contributed by atoms with Crippen molar-refractivity contribution in [2.75, 3.05) is 13.1 Å². The van der Waals surface area contributed by atoms with Gasteiger partial charge in [0.05, 0.1) is 4.90 Å². The highest BCUT2D eigenvalue weighted by atomic mass is 32.2. The van der Waals surface area contributed by atoms with E-state index in [0.717, 1.165) is 31.4 Å². The Bertz CT molecular complexity index is 854. The van der Waals surface area contributed by atoms with E-state index in [9.17, 15) is 13.2 Å². The molecule has 1 aromatic rings. The average Bonchev–Trinajstić information content (AvgIpc) is 3.26. The van der Waals surface area contributed by atoms with Crippen LogP contribution in [0, 0.1) is 11.8 Å². The quantitative estimate of drug-likeness (QED) is 0.661. The number of carbonyl (C=O) groups is 1. The van der Waals surface area contributed by atoms with Crippen molar-refractivity contribution in [3.63, 3.8) is 0 Å². The van der Waals surface area contributed by atoms with E-state index in [1.54, 1.807) is 12.1 Å². The molecule has 1 aromatic carbocycles. The molecule has 0 unspecified atom stereocenters. The van der Waals surface area contributed by atoms with Gasteiger partial charge in [-0.1, -0.05) is 18.2 Å². The normalized spacial score (nSPS) is 27.3. The van der Waals surface area contributed by atoms with Crippen LogP contribution in [0.15, 0.2) is 46.4 Å². The molecule has 2 aliphatic carbocycles. The number of nitrogens with zero attached hydrogens (tertiary/aromatic N) is 2. The minimum atomic E-state index is -3.52. The lowest BCUT2D eigenvalue weighted by Gasteiger charge is -2.31. The van der Waals surface area contributed by atoms with Crippen LogP contribution in [0.2, 0.25) is 0 Å². The largest absolute Gasteiger partial charge is 0.271 e. The Hall–Kier alpha value is -1.99. The number of hydrogen-bond donors (Lipinski definition) is 1. The van der Waals surface area contributed by atoms with Crippen LogP contribution in [-0.4, -0.2) is 37.4 Å². The van der Waals surface area contributed by atoms with Crippen LogP contribution in [0.1, 0.15) is 36.0 Å². The zero-order chi connectivity index (χ0) is 17.4.